The third-order valence-electron chi connectivity index (χ3n) is 3.94. The molecule has 0 fully saturated rings. The zero-order valence-corrected chi connectivity index (χ0v) is 14.9. The zero-order valence-electron chi connectivity index (χ0n) is 14.9. The van der Waals surface area contributed by atoms with Crippen LogP contribution in [0.15, 0.2) is 6.07 Å². The Hall–Kier alpha value is -1.55. The number of aryl methyl sites for hydroxylation is 1. The van der Waals surface area contributed by atoms with Crippen LogP contribution < -0.4 is 10.1 Å². The summed E-state index contributed by atoms with van der Waals surface area (Å²) in [4.78, 5) is 11.2. The van der Waals surface area contributed by atoms with Gasteiger partial charge in [-0.2, -0.15) is 0 Å². The lowest BCUT2D eigenvalue weighted by atomic mass is 9.99. The van der Waals surface area contributed by atoms with Crippen LogP contribution in [0.2, 0.25) is 0 Å². The molecule has 0 spiro atoms. The van der Waals surface area contributed by atoms with Crippen molar-refractivity contribution >= 4 is 5.97 Å². The molecule has 1 aromatic rings. The van der Waals surface area contributed by atoms with Crippen LogP contribution in [0.1, 0.15) is 43.0 Å². The predicted molar refractivity (Wildman–Crippen MR) is 89.6 cm³/mol. The molecule has 0 bridgehead atoms. The molecule has 124 valence electrons. The Morgan fingerprint density at radius 2 is 1.77 bits per heavy atom. The van der Waals surface area contributed by atoms with Crippen LogP contribution in [-0.4, -0.2) is 31.3 Å². The molecule has 0 aromatic heterocycles. The molecule has 1 unspecified atom stereocenters. The first-order valence-electron chi connectivity index (χ1n) is 7.83. The van der Waals surface area contributed by atoms with Crippen LogP contribution >= 0.6 is 0 Å². The number of ether oxygens (including phenoxy) is 2. The van der Waals surface area contributed by atoms with E-state index in [0.717, 1.165) is 11.3 Å². The topological polar surface area (TPSA) is 47.6 Å². The van der Waals surface area contributed by atoms with Gasteiger partial charge >= 0.3 is 5.97 Å². The van der Waals surface area contributed by atoms with E-state index in [0.29, 0.717) is 19.2 Å². The highest BCUT2D eigenvalue weighted by atomic mass is 16.6. The van der Waals surface area contributed by atoms with Crippen LogP contribution in [0.4, 0.5) is 0 Å². The van der Waals surface area contributed by atoms with Gasteiger partial charge in [0.2, 0.25) is 0 Å². The molecule has 0 radical (unpaired) electrons. The largest absolute Gasteiger partial charge is 0.489 e. The molecule has 0 aliphatic heterocycles. The zero-order chi connectivity index (χ0) is 16.9. The van der Waals surface area contributed by atoms with Gasteiger partial charge in [-0.25, -0.2) is 0 Å². The first kappa shape index (κ1) is 18.5. The Bertz CT molecular complexity index is 524. The smallest absolute Gasteiger partial charge is 0.303 e. The number of hydrogen-bond acceptors (Lipinski definition) is 4. The van der Waals surface area contributed by atoms with Crippen molar-refractivity contribution in [2.75, 3.05) is 13.2 Å². The molecule has 0 amide bonds. The Labute approximate surface area is 134 Å². The highest BCUT2D eigenvalue weighted by Crippen LogP contribution is 2.27. The SMILES string of the molecule is CC(=O)OC(CNC(C)C)COc1cc(C)c(C)c(C)c1C. The number of carbonyl (C=O) groups excluding carboxylic acids is 1. The van der Waals surface area contributed by atoms with Gasteiger partial charge in [-0.15, -0.1) is 0 Å². The molecule has 0 saturated heterocycles. The summed E-state index contributed by atoms with van der Waals surface area (Å²) < 4.78 is 11.3. The lowest BCUT2D eigenvalue weighted by Gasteiger charge is -2.21. The molecule has 0 saturated carbocycles. The monoisotopic (exact) mass is 307 g/mol. The molecular formula is C18H29NO3. The van der Waals surface area contributed by atoms with Gasteiger partial charge in [-0.1, -0.05) is 13.8 Å². The van der Waals surface area contributed by atoms with E-state index in [-0.39, 0.29) is 12.1 Å². The number of hydrogen-bond donors (Lipinski definition) is 1. The molecule has 0 heterocycles. The molecule has 0 aliphatic rings. The standard InChI is InChI=1S/C18H29NO3/c1-11(2)19-9-17(22-16(7)20)10-21-18-8-12(3)13(4)14(5)15(18)6/h8,11,17,19H,9-10H2,1-7H3. The number of carbonyl (C=O) groups is 1. The average Bonchev–Trinajstić information content (AvgIpc) is 2.43. The average molecular weight is 307 g/mol. The number of benzene rings is 1. The van der Waals surface area contributed by atoms with E-state index in [1.807, 2.05) is 0 Å². The maximum atomic E-state index is 11.2. The van der Waals surface area contributed by atoms with Crippen molar-refractivity contribution in [3.63, 3.8) is 0 Å². The molecule has 1 rings (SSSR count). The van der Waals surface area contributed by atoms with Gasteiger partial charge < -0.3 is 14.8 Å². The summed E-state index contributed by atoms with van der Waals surface area (Å²) in [7, 11) is 0. The van der Waals surface area contributed by atoms with Crippen molar-refractivity contribution in [3.8, 4) is 5.75 Å². The van der Waals surface area contributed by atoms with E-state index in [4.69, 9.17) is 9.47 Å². The summed E-state index contributed by atoms with van der Waals surface area (Å²) in [5.41, 5.74) is 4.89. The maximum absolute atomic E-state index is 11.2. The van der Waals surface area contributed by atoms with E-state index < -0.39 is 0 Å². The summed E-state index contributed by atoms with van der Waals surface area (Å²) in [6, 6.07) is 2.39. The highest BCUT2D eigenvalue weighted by Gasteiger charge is 2.15. The second kappa shape index (κ2) is 8.18. The Morgan fingerprint density at radius 1 is 1.14 bits per heavy atom. The van der Waals surface area contributed by atoms with Gasteiger partial charge in [0.25, 0.3) is 0 Å². The minimum Gasteiger partial charge on any atom is -0.489 e. The van der Waals surface area contributed by atoms with E-state index in [9.17, 15) is 4.79 Å². The van der Waals surface area contributed by atoms with Gasteiger partial charge in [0.05, 0.1) is 0 Å². The molecule has 1 aromatic carbocycles. The summed E-state index contributed by atoms with van der Waals surface area (Å²) in [6.07, 6.45) is -0.291. The highest BCUT2D eigenvalue weighted by molar-refractivity contribution is 5.66. The van der Waals surface area contributed by atoms with Crippen molar-refractivity contribution in [2.24, 2.45) is 0 Å². The van der Waals surface area contributed by atoms with Crippen LogP contribution in [0.5, 0.6) is 5.75 Å². The maximum Gasteiger partial charge on any atom is 0.303 e. The van der Waals surface area contributed by atoms with Crippen molar-refractivity contribution in [1.29, 1.82) is 0 Å². The lowest BCUT2D eigenvalue weighted by molar-refractivity contribution is -0.147. The van der Waals surface area contributed by atoms with E-state index in [1.165, 1.54) is 23.6 Å². The van der Waals surface area contributed by atoms with Crippen LogP contribution in [0.3, 0.4) is 0 Å². The third-order valence-corrected chi connectivity index (χ3v) is 3.94. The molecule has 22 heavy (non-hydrogen) atoms. The first-order chi connectivity index (χ1) is 10.2. The second-order valence-corrected chi connectivity index (χ2v) is 6.17. The fourth-order valence-corrected chi connectivity index (χ4v) is 2.24. The first-order valence-corrected chi connectivity index (χ1v) is 7.83. The molecule has 4 nitrogen and oxygen atoms in total. The normalized spacial score (nSPS) is 12.4. The summed E-state index contributed by atoms with van der Waals surface area (Å²) in [5.74, 6) is 0.578. The van der Waals surface area contributed by atoms with Gasteiger partial charge in [0.1, 0.15) is 18.5 Å². The van der Waals surface area contributed by atoms with Gasteiger partial charge in [0.15, 0.2) is 0 Å². The quantitative estimate of drug-likeness (QED) is 0.786. The molecular weight excluding hydrogens is 278 g/mol. The van der Waals surface area contributed by atoms with Crippen molar-refractivity contribution in [1.82, 2.24) is 5.32 Å². The Kier molecular flexibility index (Phi) is 6.88. The van der Waals surface area contributed by atoms with Crippen molar-refractivity contribution in [3.05, 3.63) is 28.3 Å². The molecule has 1 atom stereocenters. The summed E-state index contributed by atoms with van der Waals surface area (Å²) in [5, 5.41) is 3.28. The number of esters is 1. The van der Waals surface area contributed by atoms with Crippen LogP contribution in [0.25, 0.3) is 0 Å². The second-order valence-electron chi connectivity index (χ2n) is 6.17. The fourth-order valence-electron chi connectivity index (χ4n) is 2.24. The van der Waals surface area contributed by atoms with E-state index >= 15 is 0 Å². The van der Waals surface area contributed by atoms with Gasteiger partial charge in [-0.05, 0) is 56.0 Å². The van der Waals surface area contributed by atoms with Crippen molar-refractivity contribution in [2.45, 2.75) is 60.6 Å². The minimum absolute atomic E-state index is 0.285. The molecule has 1 N–H and O–H groups in total. The van der Waals surface area contributed by atoms with E-state index in [1.54, 1.807) is 0 Å². The molecule has 0 aliphatic carbocycles. The van der Waals surface area contributed by atoms with Gasteiger partial charge in [-0.3, -0.25) is 4.79 Å². The summed E-state index contributed by atoms with van der Waals surface area (Å²) >= 11 is 0. The molecule has 4 heteroatoms. The van der Waals surface area contributed by atoms with E-state index in [2.05, 4.69) is 52.9 Å². The Balaban J connectivity index is 2.77. The van der Waals surface area contributed by atoms with Crippen LogP contribution in [-0.2, 0) is 9.53 Å². The Morgan fingerprint density at radius 3 is 2.32 bits per heavy atom. The number of nitrogens with one attached hydrogen (secondary N) is 1. The third kappa shape index (κ3) is 5.34. The minimum atomic E-state index is -0.291. The predicted octanol–water partition coefficient (Wildman–Crippen LogP) is 3.23. The summed E-state index contributed by atoms with van der Waals surface area (Å²) in [6.45, 7) is 14.8. The fraction of sp³-hybridized carbons (Fsp3) is 0.611. The van der Waals surface area contributed by atoms with Gasteiger partial charge in [0, 0.05) is 19.5 Å². The number of rotatable bonds is 7. The van der Waals surface area contributed by atoms with Crippen molar-refractivity contribution < 1.29 is 14.3 Å². The van der Waals surface area contributed by atoms with Crippen LogP contribution in [0, 0.1) is 27.7 Å². The lowest BCUT2D eigenvalue weighted by Crippen LogP contribution is -2.38.